The number of sulfonamides is 1. The number of nitrogens with zero attached hydrogens (tertiary/aromatic N) is 2. The van der Waals surface area contributed by atoms with Crippen molar-refractivity contribution in [2.45, 2.75) is 37.2 Å². The summed E-state index contributed by atoms with van der Waals surface area (Å²) in [6.45, 7) is 3.28. The summed E-state index contributed by atoms with van der Waals surface area (Å²) in [7, 11) is -3.90. The Morgan fingerprint density at radius 1 is 1.38 bits per heavy atom. The van der Waals surface area contributed by atoms with Gasteiger partial charge in [0.25, 0.3) is 5.69 Å². The topological polar surface area (TPSA) is 116 Å². The van der Waals surface area contributed by atoms with Crippen LogP contribution in [-0.2, 0) is 14.8 Å². The van der Waals surface area contributed by atoms with Gasteiger partial charge in [-0.2, -0.15) is 4.31 Å². The molecule has 1 aromatic rings. The van der Waals surface area contributed by atoms with Crippen molar-refractivity contribution in [3.63, 3.8) is 0 Å². The molecule has 2 rings (SSSR count). The number of benzene rings is 1. The summed E-state index contributed by atoms with van der Waals surface area (Å²) in [6.07, 6.45) is 1.93. The molecule has 0 saturated carbocycles. The lowest BCUT2D eigenvalue weighted by atomic mass is 10.1. The van der Waals surface area contributed by atoms with Crippen LogP contribution in [0.25, 0.3) is 0 Å². The number of nitro benzene ring substituents is 1. The van der Waals surface area contributed by atoms with E-state index < -0.39 is 14.9 Å². The highest BCUT2D eigenvalue weighted by atomic mass is 32.2. The molecular formula is C15H23N3O5S. The van der Waals surface area contributed by atoms with Crippen LogP contribution >= 0.6 is 0 Å². The summed E-state index contributed by atoms with van der Waals surface area (Å²) in [6, 6.07) is 4.29. The van der Waals surface area contributed by atoms with Crippen LogP contribution in [-0.4, -0.2) is 50.0 Å². The molecular weight excluding hydrogens is 334 g/mol. The van der Waals surface area contributed by atoms with Gasteiger partial charge in [0.05, 0.1) is 11.0 Å². The number of nitrogens with two attached hydrogens (primary N) is 1. The molecule has 0 bridgehead atoms. The lowest BCUT2D eigenvalue weighted by molar-refractivity contribution is -0.387. The number of hydrogen-bond donors (Lipinski definition) is 1. The molecule has 1 aliphatic heterocycles. The number of nitro groups is 1. The third-order valence-electron chi connectivity index (χ3n) is 4.09. The van der Waals surface area contributed by atoms with Crippen LogP contribution in [0.1, 0.15) is 24.8 Å². The number of aryl methyl sites for hydroxylation is 1. The predicted molar refractivity (Wildman–Crippen MR) is 89.2 cm³/mol. The van der Waals surface area contributed by atoms with Crippen molar-refractivity contribution in [3.05, 3.63) is 33.9 Å². The maximum atomic E-state index is 12.9. The Labute approximate surface area is 141 Å². The van der Waals surface area contributed by atoms with Crippen LogP contribution in [0.5, 0.6) is 0 Å². The molecule has 0 aromatic heterocycles. The first kappa shape index (κ1) is 18.8. The van der Waals surface area contributed by atoms with Gasteiger partial charge in [0, 0.05) is 25.8 Å². The van der Waals surface area contributed by atoms with Gasteiger partial charge in [-0.25, -0.2) is 8.42 Å². The maximum Gasteiger partial charge on any atom is 0.289 e. The van der Waals surface area contributed by atoms with Crippen molar-refractivity contribution < 1.29 is 18.1 Å². The largest absolute Gasteiger partial charge is 0.378 e. The second-order valence-corrected chi connectivity index (χ2v) is 7.67. The highest BCUT2D eigenvalue weighted by Gasteiger charge is 2.35. The van der Waals surface area contributed by atoms with Crippen LogP contribution < -0.4 is 5.73 Å². The molecule has 0 radical (unpaired) electrons. The van der Waals surface area contributed by atoms with Gasteiger partial charge in [-0.1, -0.05) is 12.1 Å². The molecule has 1 aromatic carbocycles. The van der Waals surface area contributed by atoms with Gasteiger partial charge in [-0.15, -0.1) is 0 Å². The smallest absolute Gasteiger partial charge is 0.289 e. The Morgan fingerprint density at radius 3 is 2.62 bits per heavy atom. The minimum atomic E-state index is -3.90. The molecule has 0 aliphatic carbocycles. The SMILES string of the molecule is Cc1cccc([N+](=O)[O-])c1S(=O)(=O)N1CCC(OCCCN)CC1. The van der Waals surface area contributed by atoms with Gasteiger partial charge >= 0.3 is 0 Å². The lowest BCUT2D eigenvalue weighted by Crippen LogP contribution is -2.41. The lowest BCUT2D eigenvalue weighted by Gasteiger charge is -2.31. The second-order valence-electron chi connectivity index (χ2n) is 5.80. The Balaban J connectivity index is 2.14. The zero-order valence-corrected chi connectivity index (χ0v) is 14.5. The molecule has 1 heterocycles. The zero-order chi connectivity index (χ0) is 17.7. The quantitative estimate of drug-likeness (QED) is 0.448. The fourth-order valence-electron chi connectivity index (χ4n) is 2.82. The van der Waals surface area contributed by atoms with Crippen LogP contribution in [0.3, 0.4) is 0 Å². The summed E-state index contributed by atoms with van der Waals surface area (Å²) >= 11 is 0. The molecule has 9 heteroatoms. The van der Waals surface area contributed by atoms with Gasteiger partial charge in [-0.05, 0) is 38.3 Å². The van der Waals surface area contributed by atoms with E-state index in [2.05, 4.69) is 0 Å². The molecule has 1 aliphatic rings. The molecule has 24 heavy (non-hydrogen) atoms. The van der Waals surface area contributed by atoms with Crippen LogP contribution in [0.15, 0.2) is 23.1 Å². The molecule has 0 spiro atoms. The van der Waals surface area contributed by atoms with Crippen molar-refractivity contribution in [2.75, 3.05) is 26.2 Å². The van der Waals surface area contributed by atoms with Crippen molar-refractivity contribution in [1.82, 2.24) is 4.31 Å². The first-order chi connectivity index (χ1) is 11.4. The van der Waals surface area contributed by atoms with E-state index in [1.165, 1.54) is 16.4 Å². The van der Waals surface area contributed by atoms with Gasteiger partial charge < -0.3 is 10.5 Å². The number of ether oxygens (including phenoxy) is 1. The van der Waals surface area contributed by atoms with Crippen molar-refractivity contribution in [2.24, 2.45) is 5.73 Å². The van der Waals surface area contributed by atoms with Crippen molar-refractivity contribution in [3.8, 4) is 0 Å². The number of hydrogen-bond acceptors (Lipinski definition) is 6. The van der Waals surface area contributed by atoms with E-state index in [0.717, 1.165) is 6.42 Å². The van der Waals surface area contributed by atoms with Gasteiger partial charge in [0.1, 0.15) is 0 Å². The average Bonchev–Trinajstić information content (AvgIpc) is 2.55. The Hall–Kier alpha value is -1.55. The first-order valence-electron chi connectivity index (χ1n) is 7.93. The van der Waals surface area contributed by atoms with Crippen molar-refractivity contribution >= 4 is 15.7 Å². The van der Waals surface area contributed by atoms with E-state index in [4.69, 9.17) is 10.5 Å². The fraction of sp³-hybridized carbons (Fsp3) is 0.600. The molecule has 0 amide bonds. The van der Waals surface area contributed by atoms with Gasteiger partial charge in [0.2, 0.25) is 10.0 Å². The second kappa shape index (κ2) is 8.02. The molecule has 1 saturated heterocycles. The van der Waals surface area contributed by atoms with E-state index in [0.29, 0.717) is 44.6 Å². The Morgan fingerprint density at radius 2 is 2.04 bits per heavy atom. The average molecular weight is 357 g/mol. The summed E-state index contributed by atoms with van der Waals surface area (Å²) in [4.78, 5) is 10.3. The summed E-state index contributed by atoms with van der Waals surface area (Å²) in [5.41, 5.74) is 5.42. The maximum absolute atomic E-state index is 12.9. The highest BCUT2D eigenvalue weighted by Crippen LogP contribution is 2.31. The minimum absolute atomic E-state index is 0.00913. The Kier molecular flexibility index (Phi) is 6.27. The van der Waals surface area contributed by atoms with E-state index in [-0.39, 0.29) is 16.7 Å². The molecule has 0 unspecified atom stereocenters. The molecule has 8 nitrogen and oxygen atoms in total. The van der Waals surface area contributed by atoms with Crippen molar-refractivity contribution in [1.29, 1.82) is 0 Å². The summed E-state index contributed by atoms with van der Waals surface area (Å²) in [5.74, 6) is 0. The zero-order valence-electron chi connectivity index (χ0n) is 13.7. The predicted octanol–water partition coefficient (Wildman–Crippen LogP) is 1.42. The first-order valence-corrected chi connectivity index (χ1v) is 9.37. The normalized spacial score (nSPS) is 17.1. The summed E-state index contributed by atoms with van der Waals surface area (Å²) < 4.78 is 32.7. The van der Waals surface area contributed by atoms with E-state index >= 15 is 0 Å². The number of rotatable bonds is 7. The third-order valence-corrected chi connectivity index (χ3v) is 6.18. The Bertz CT molecular complexity index is 684. The molecule has 0 atom stereocenters. The van der Waals surface area contributed by atoms with Gasteiger partial charge in [-0.3, -0.25) is 10.1 Å². The standard InChI is InChI=1S/C15H23N3O5S/c1-12-4-2-5-14(18(19)20)15(12)24(21,22)17-9-6-13(7-10-17)23-11-3-8-16/h2,4-5,13H,3,6-11,16H2,1H3. The highest BCUT2D eigenvalue weighted by molar-refractivity contribution is 7.89. The number of piperidine rings is 1. The van der Waals surface area contributed by atoms with E-state index in [9.17, 15) is 18.5 Å². The van der Waals surface area contributed by atoms with Gasteiger partial charge in [0.15, 0.2) is 4.90 Å². The van der Waals surface area contributed by atoms with Crippen LogP contribution in [0, 0.1) is 17.0 Å². The van der Waals surface area contributed by atoms with E-state index in [1.54, 1.807) is 13.0 Å². The van der Waals surface area contributed by atoms with E-state index in [1.807, 2.05) is 0 Å². The third kappa shape index (κ3) is 4.10. The monoisotopic (exact) mass is 357 g/mol. The minimum Gasteiger partial charge on any atom is -0.378 e. The molecule has 1 fully saturated rings. The fourth-order valence-corrected chi connectivity index (χ4v) is 4.65. The van der Waals surface area contributed by atoms with Crippen LogP contribution in [0.4, 0.5) is 5.69 Å². The van der Waals surface area contributed by atoms with Crippen LogP contribution in [0.2, 0.25) is 0 Å². The molecule has 2 N–H and O–H groups in total. The molecule has 134 valence electrons. The summed E-state index contributed by atoms with van der Waals surface area (Å²) in [5, 5.41) is 11.2.